The SMILES string of the molecule is COC(=O)c1cc(Br)cc(CN2CCCC(F)(F)C2)c1. The van der Waals surface area contributed by atoms with Gasteiger partial charge in [0, 0.05) is 17.4 Å². The molecular weight excluding hydrogens is 332 g/mol. The van der Waals surface area contributed by atoms with Crippen molar-refractivity contribution >= 4 is 21.9 Å². The molecule has 1 aliphatic heterocycles. The summed E-state index contributed by atoms with van der Waals surface area (Å²) in [5.41, 5.74) is 1.23. The van der Waals surface area contributed by atoms with Crippen molar-refractivity contribution in [3.8, 4) is 0 Å². The van der Waals surface area contributed by atoms with E-state index in [1.54, 1.807) is 17.0 Å². The molecule has 1 aromatic carbocycles. The van der Waals surface area contributed by atoms with Crippen LogP contribution in [-0.2, 0) is 11.3 Å². The van der Waals surface area contributed by atoms with E-state index in [9.17, 15) is 13.6 Å². The average Bonchev–Trinajstić information content (AvgIpc) is 2.35. The van der Waals surface area contributed by atoms with Gasteiger partial charge in [-0.25, -0.2) is 13.6 Å². The van der Waals surface area contributed by atoms with Gasteiger partial charge in [-0.3, -0.25) is 4.90 Å². The Labute approximate surface area is 125 Å². The van der Waals surface area contributed by atoms with Crippen LogP contribution in [0.25, 0.3) is 0 Å². The summed E-state index contributed by atoms with van der Waals surface area (Å²) in [4.78, 5) is 13.3. The zero-order chi connectivity index (χ0) is 14.8. The number of benzene rings is 1. The zero-order valence-electron chi connectivity index (χ0n) is 11.2. The maximum Gasteiger partial charge on any atom is 0.337 e. The van der Waals surface area contributed by atoms with Gasteiger partial charge in [-0.1, -0.05) is 15.9 Å². The second-order valence-electron chi connectivity index (χ2n) is 5.01. The second-order valence-corrected chi connectivity index (χ2v) is 5.93. The van der Waals surface area contributed by atoms with E-state index >= 15 is 0 Å². The summed E-state index contributed by atoms with van der Waals surface area (Å²) >= 11 is 3.32. The summed E-state index contributed by atoms with van der Waals surface area (Å²) in [5.74, 6) is -3.05. The van der Waals surface area contributed by atoms with Crippen LogP contribution in [0.3, 0.4) is 0 Å². The van der Waals surface area contributed by atoms with Gasteiger partial charge >= 0.3 is 5.97 Å². The summed E-state index contributed by atoms with van der Waals surface area (Å²) in [7, 11) is 1.31. The molecule has 110 valence electrons. The van der Waals surface area contributed by atoms with E-state index in [1.165, 1.54) is 7.11 Å². The summed E-state index contributed by atoms with van der Waals surface area (Å²) in [5, 5.41) is 0. The largest absolute Gasteiger partial charge is 0.465 e. The molecule has 1 aliphatic rings. The third-order valence-corrected chi connectivity index (χ3v) is 3.71. The predicted molar refractivity (Wildman–Crippen MR) is 74.9 cm³/mol. The lowest BCUT2D eigenvalue weighted by molar-refractivity contribution is -0.0661. The number of hydrogen-bond acceptors (Lipinski definition) is 3. The molecule has 0 N–H and O–H groups in total. The molecule has 0 bridgehead atoms. The lowest BCUT2D eigenvalue weighted by atomic mass is 10.1. The van der Waals surface area contributed by atoms with E-state index in [2.05, 4.69) is 20.7 Å². The Morgan fingerprint density at radius 1 is 1.45 bits per heavy atom. The molecule has 0 unspecified atom stereocenters. The molecule has 20 heavy (non-hydrogen) atoms. The molecule has 6 heteroatoms. The van der Waals surface area contributed by atoms with Gasteiger partial charge in [0.05, 0.1) is 19.2 Å². The molecule has 1 aromatic rings. The van der Waals surface area contributed by atoms with E-state index < -0.39 is 11.9 Å². The zero-order valence-corrected chi connectivity index (χ0v) is 12.8. The van der Waals surface area contributed by atoms with Crippen LogP contribution in [0.1, 0.15) is 28.8 Å². The van der Waals surface area contributed by atoms with E-state index in [-0.39, 0.29) is 13.0 Å². The van der Waals surface area contributed by atoms with Gasteiger partial charge in [-0.05, 0) is 36.7 Å². The van der Waals surface area contributed by atoms with Gasteiger partial charge in [0.25, 0.3) is 5.92 Å². The third-order valence-electron chi connectivity index (χ3n) is 3.26. The Balaban J connectivity index is 2.13. The van der Waals surface area contributed by atoms with Crippen LogP contribution >= 0.6 is 15.9 Å². The van der Waals surface area contributed by atoms with E-state index in [1.807, 2.05) is 6.07 Å². The molecule has 1 heterocycles. The molecule has 3 nitrogen and oxygen atoms in total. The van der Waals surface area contributed by atoms with Gasteiger partial charge in [-0.15, -0.1) is 0 Å². The highest BCUT2D eigenvalue weighted by Crippen LogP contribution is 2.28. The lowest BCUT2D eigenvalue weighted by Crippen LogP contribution is -2.42. The number of ether oxygens (including phenoxy) is 1. The smallest absolute Gasteiger partial charge is 0.337 e. The number of carbonyl (C=O) groups is 1. The highest BCUT2D eigenvalue weighted by molar-refractivity contribution is 9.10. The first-order chi connectivity index (χ1) is 9.39. The maximum absolute atomic E-state index is 13.4. The summed E-state index contributed by atoms with van der Waals surface area (Å²) in [6.45, 7) is 0.821. The number of nitrogens with zero attached hydrogens (tertiary/aromatic N) is 1. The number of rotatable bonds is 3. The lowest BCUT2D eigenvalue weighted by Gasteiger charge is -2.32. The highest BCUT2D eigenvalue weighted by atomic mass is 79.9. The Bertz CT molecular complexity index is 508. The molecule has 1 saturated heterocycles. The molecule has 0 atom stereocenters. The van der Waals surface area contributed by atoms with Crippen molar-refractivity contribution in [2.24, 2.45) is 0 Å². The first kappa shape index (κ1) is 15.4. The van der Waals surface area contributed by atoms with Crippen LogP contribution < -0.4 is 0 Å². The molecule has 0 aliphatic carbocycles. The number of methoxy groups -OCH3 is 1. The number of likely N-dealkylation sites (tertiary alicyclic amines) is 1. The fraction of sp³-hybridized carbons (Fsp3) is 0.500. The molecule has 0 radical (unpaired) electrons. The van der Waals surface area contributed by atoms with Crippen molar-refractivity contribution in [1.29, 1.82) is 0 Å². The molecule has 0 amide bonds. The number of alkyl halides is 2. The van der Waals surface area contributed by atoms with Gasteiger partial charge < -0.3 is 4.74 Å². The minimum Gasteiger partial charge on any atom is -0.465 e. The minimum atomic E-state index is -2.62. The third kappa shape index (κ3) is 3.99. The first-order valence-electron chi connectivity index (χ1n) is 6.37. The molecule has 2 rings (SSSR count). The molecule has 0 saturated carbocycles. The van der Waals surface area contributed by atoms with E-state index in [4.69, 9.17) is 0 Å². The number of hydrogen-bond donors (Lipinski definition) is 0. The Morgan fingerprint density at radius 3 is 2.85 bits per heavy atom. The number of esters is 1. The summed E-state index contributed by atoms with van der Waals surface area (Å²) in [6.07, 6.45) is 0.445. The first-order valence-corrected chi connectivity index (χ1v) is 7.17. The van der Waals surface area contributed by atoms with Crippen LogP contribution in [0.15, 0.2) is 22.7 Å². The van der Waals surface area contributed by atoms with Crippen molar-refractivity contribution in [3.05, 3.63) is 33.8 Å². The predicted octanol–water partition coefficient (Wildman–Crippen LogP) is 3.47. The quantitative estimate of drug-likeness (QED) is 0.784. The molecule has 0 aromatic heterocycles. The average molecular weight is 348 g/mol. The van der Waals surface area contributed by atoms with Crippen molar-refractivity contribution in [3.63, 3.8) is 0 Å². The topological polar surface area (TPSA) is 29.5 Å². The molecule has 0 spiro atoms. The normalized spacial score (nSPS) is 18.8. The summed E-state index contributed by atoms with van der Waals surface area (Å²) < 4.78 is 32.2. The number of carbonyl (C=O) groups excluding carboxylic acids is 1. The van der Waals surface area contributed by atoms with Crippen molar-refractivity contribution in [2.75, 3.05) is 20.2 Å². The van der Waals surface area contributed by atoms with Crippen LogP contribution in [0.4, 0.5) is 8.78 Å². The van der Waals surface area contributed by atoms with Gasteiger partial charge in [0.15, 0.2) is 0 Å². The van der Waals surface area contributed by atoms with Gasteiger partial charge in [0.1, 0.15) is 0 Å². The fourth-order valence-electron chi connectivity index (χ4n) is 2.42. The highest BCUT2D eigenvalue weighted by Gasteiger charge is 2.34. The van der Waals surface area contributed by atoms with E-state index in [0.29, 0.717) is 25.1 Å². The number of piperidine rings is 1. The summed E-state index contributed by atoms with van der Waals surface area (Å²) in [6, 6.07) is 5.17. The van der Waals surface area contributed by atoms with Crippen molar-refractivity contribution in [1.82, 2.24) is 4.90 Å². The van der Waals surface area contributed by atoms with Crippen LogP contribution in [-0.4, -0.2) is 37.0 Å². The van der Waals surface area contributed by atoms with Crippen molar-refractivity contribution in [2.45, 2.75) is 25.3 Å². The monoisotopic (exact) mass is 347 g/mol. The minimum absolute atomic E-state index is 0.0462. The Kier molecular flexibility index (Phi) is 4.75. The van der Waals surface area contributed by atoms with Gasteiger partial charge in [0.2, 0.25) is 0 Å². The van der Waals surface area contributed by atoms with Crippen LogP contribution in [0.2, 0.25) is 0 Å². The second kappa shape index (κ2) is 6.18. The van der Waals surface area contributed by atoms with Crippen LogP contribution in [0.5, 0.6) is 0 Å². The molecule has 1 fully saturated rings. The maximum atomic E-state index is 13.4. The van der Waals surface area contributed by atoms with Crippen LogP contribution in [0, 0.1) is 0 Å². The van der Waals surface area contributed by atoms with Gasteiger partial charge in [-0.2, -0.15) is 0 Å². The van der Waals surface area contributed by atoms with Crippen molar-refractivity contribution < 1.29 is 18.3 Å². The Morgan fingerprint density at radius 2 is 2.20 bits per heavy atom. The number of halogens is 3. The molecular formula is C14H16BrF2NO2. The fourth-order valence-corrected chi connectivity index (χ4v) is 2.96. The standard InChI is InChI=1S/C14H16BrF2NO2/c1-20-13(19)11-5-10(6-12(15)7-11)8-18-4-2-3-14(16,17)9-18/h5-7H,2-4,8-9H2,1H3. The van der Waals surface area contributed by atoms with E-state index in [0.717, 1.165) is 10.0 Å². The Hall–Kier alpha value is -1.01.